The Hall–Kier alpha value is -2.46. The minimum Gasteiger partial charge on any atom is -0.321 e. The van der Waals surface area contributed by atoms with Crippen LogP contribution in [0.3, 0.4) is 0 Å². The lowest BCUT2D eigenvalue weighted by molar-refractivity contribution is 1.34. The molecule has 0 spiro atoms. The SMILES string of the molecule is O=c1[nH]c2ccccc2c2nsc(-c3ccccc3)c12. The van der Waals surface area contributed by atoms with Gasteiger partial charge in [0.25, 0.3) is 5.56 Å². The van der Waals surface area contributed by atoms with Crippen molar-refractivity contribution in [1.29, 1.82) is 0 Å². The standard InChI is InChI=1S/C16H10N2OS/c19-16-13-14(11-8-4-5-9-12(11)17-16)18-20-15(13)10-6-2-1-3-7-10/h1-9H,(H,17,19). The number of rotatable bonds is 1. The third-order valence-corrected chi connectivity index (χ3v) is 4.28. The van der Waals surface area contributed by atoms with Gasteiger partial charge < -0.3 is 4.98 Å². The monoisotopic (exact) mass is 278 g/mol. The van der Waals surface area contributed by atoms with Crippen LogP contribution in [0.2, 0.25) is 0 Å². The summed E-state index contributed by atoms with van der Waals surface area (Å²) in [5, 5.41) is 1.67. The fraction of sp³-hybridized carbons (Fsp3) is 0. The summed E-state index contributed by atoms with van der Waals surface area (Å²) in [6.07, 6.45) is 0. The smallest absolute Gasteiger partial charge is 0.259 e. The molecule has 3 nitrogen and oxygen atoms in total. The fourth-order valence-corrected chi connectivity index (χ4v) is 3.35. The maximum atomic E-state index is 12.4. The van der Waals surface area contributed by atoms with Crippen LogP contribution in [-0.2, 0) is 0 Å². The van der Waals surface area contributed by atoms with Crippen molar-refractivity contribution >= 4 is 33.3 Å². The van der Waals surface area contributed by atoms with Crippen LogP contribution < -0.4 is 5.56 Å². The first-order valence-electron chi connectivity index (χ1n) is 6.30. The summed E-state index contributed by atoms with van der Waals surface area (Å²) in [6.45, 7) is 0. The third kappa shape index (κ3) is 1.58. The molecule has 0 aliphatic carbocycles. The van der Waals surface area contributed by atoms with E-state index in [4.69, 9.17) is 0 Å². The Morgan fingerprint density at radius 3 is 2.55 bits per heavy atom. The molecule has 96 valence electrons. The summed E-state index contributed by atoms with van der Waals surface area (Å²) in [4.78, 5) is 16.2. The van der Waals surface area contributed by atoms with Crippen molar-refractivity contribution in [2.75, 3.05) is 0 Å². The van der Waals surface area contributed by atoms with Crippen molar-refractivity contribution in [2.45, 2.75) is 0 Å². The van der Waals surface area contributed by atoms with Crippen molar-refractivity contribution in [1.82, 2.24) is 9.36 Å². The van der Waals surface area contributed by atoms with Crippen LogP contribution in [0, 0.1) is 0 Å². The largest absolute Gasteiger partial charge is 0.321 e. The Morgan fingerprint density at radius 1 is 0.950 bits per heavy atom. The van der Waals surface area contributed by atoms with Gasteiger partial charge in [0.1, 0.15) is 0 Å². The average molecular weight is 278 g/mol. The number of para-hydroxylation sites is 1. The van der Waals surface area contributed by atoms with Gasteiger partial charge in [-0.3, -0.25) is 4.79 Å². The Balaban J connectivity index is 2.16. The Bertz CT molecular complexity index is 970. The van der Waals surface area contributed by atoms with Gasteiger partial charge in [0.2, 0.25) is 0 Å². The summed E-state index contributed by atoms with van der Waals surface area (Å²) in [5.41, 5.74) is 2.56. The zero-order chi connectivity index (χ0) is 13.5. The lowest BCUT2D eigenvalue weighted by Crippen LogP contribution is -2.05. The Labute approximate surface area is 118 Å². The quantitative estimate of drug-likeness (QED) is 0.575. The van der Waals surface area contributed by atoms with E-state index in [1.807, 2.05) is 54.6 Å². The molecular formula is C16H10N2OS. The second kappa shape index (κ2) is 4.28. The number of hydrogen-bond donors (Lipinski definition) is 1. The molecule has 20 heavy (non-hydrogen) atoms. The molecule has 0 aliphatic heterocycles. The summed E-state index contributed by atoms with van der Waals surface area (Å²) in [5.74, 6) is 0. The van der Waals surface area contributed by atoms with Crippen LogP contribution in [0.25, 0.3) is 32.2 Å². The van der Waals surface area contributed by atoms with E-state index in [-0.39, 0.29) is 5.56 Å². The summed E-state index contributed by atoms with van der Waals surface area (Å²) >= 11 is 1.37. The molecule has 0 fully saturated rings. The summed E-state index contributed by atoms with van der Waals surface area (Å²) < 4.78 is 4.51. The molecule has 0 saturated carbocycles. The highest BCUT2D eigenvalue weighted by molar-refractivity contribution is 7.11. The molecule has 0 radical (unpaired) electrons. The van der Waals surface area contributed by atoms with Crippen molar-refractivity contribution in [3.8, 4) is 10.4 Å². The normalized spacial score (nSPS) is 11.2. The van der Waals surface area contributed by atoms with Gasteiger partial charge in [0.05, 0.1) is 21.3 Å². The van der Waals surface area contributed by atoms with Crippen molar-refractivity contribution < 1.29 is 0 Å². The minimum absolute atomic E-state index is 0.0775. The Kier molecular flexibility index (Phi) is 2.44. The van der Waals surface area contributed by atoms with Crippen LogP contribution in [0.15, 0.2) is 59.4 Å². The van der Waals surface area contributed by atoms with Gasteiger partial charge in [-0.2, -0.15) is 4.37 Å². The highest BCUT2D eigenvalue weighted by atomic mass is 32.1. The predicted molar refractivity (Wildman–Crippen MR) is 83.2 cm³/mol. The molecule has 0 aliphatic rings. The summed E-state index contributed by atoms with van der Waals surface area (Å²) in [6, 6.07) is 17.7. The second-order valence-corrected chi connectivity index (χ2v) is 5.37. The molecular weight excluding hydrogens is 268 g/mol. The predicted octanol–water partition coefficient (Wildman–Crippen LogP) is 3.80. The lowest BCUT2D eigenvalue weighted by Gasteiger charge is -2.00. The molecule has 0 bridgehead atoms. The molecule has 0 unspecified atom stereocenters. The number of nitrogens with zero attached hydrogens (tertiary/aromatic N) is 1. The van der Waals surface area contributed by atoms with Crippen molar-refractivity contribution in [2.24, 2.45) is 0 Å². The van der Waals surface area contributed by atoms with Crippen LogP contribution in [0.1, 0.15) is 0 Å². The van der Waals surface area contributed by atoms with Gasteiger partial charge >= 0.3 is 0 Å². The lowest BCUT2D eigenvalue weighted by atomic mass is 10.1. The molecule has 2 aromatic heterocycles. The van der Waals surface area contributed by atoms with Crippen molar-refractivity contribution in [3.63, 3.8) is 0 Å². The number of nitrogens with one attached hydrogen (secondary N) is 1. The highest BCUT2D eigenvalue weighted by Gasteiger charge is 2.14. The van der Waals surface area contributed by atoms with Gasteiger partial charge in [-0.15, -0.1) is 0 Å². The molecule has 2 heterocycles. The zero-order valence-electron chi connectivity index (χ0n) is 10.5. The van der Waals surface area contributed by atoms with Gasteiger partial charge in [-0.05, 0) is 23.2 Å². The fourth-order valence-electron chi connectivity index (χ4n) is 2.45. The van der Waals surface area contributed by atoms with Gasteiger partial charge in [0, 0.05) is 5.39 Å². The van der Waals surface area contributed by atoms with Crippen LogP contribution in [0.5, 0.6) is 0 Å². The van der Waals surface area contributed by atoms with E-state index >= 15 is 0 Å². The number of pyridine rings is 1. The maximum absolute atomic E-state index is 12.4. The highest BCUT2D eigenvalue weighted by Crippen LogP contribution is 2.32. The van der Waals surface area contributed by atoms with Crippen LogP contribution in [-0.4, -0.2) is 9.36 Å². The summed E-state index contributed by atoms with van der Waals surface area (Å²) in [7, 11) is 0. The number of aromatic amines is 1. The number of hydrogen-bond acceptors (Lipinski definition) is 3. The molecule has 2 aromatic carbocycles. The van der Waals surface area contributed by atoms with Gasteiger partial charge in [0.15, 0.2) is 0 Å². The minimum atomic E-state index is -0.0775. The zero-order valence-corrected chi connectivity index (χ0v) is 11.3. The van der Waals surface area contributed by atoms with Gasteiger partial charge in [-0.1, -0.05) is 48.5 Å². The first kappa shape index (κ1) is 11.4. The molecule has 4 rings (SSSR count). The van der Waals surface area contributed by atoms with Crippen LogP contribution in [0.4, 0.5) is 0 Å². The van der Waals surface area contributed by atoms with E-state index in [1.54, 1.807) is 0 Å². The molecule has 4 aromatic rings. The molecule has 1 N–H and O–H groups in total. The van der Waals surface area contributed by atoms with E-state index in [9.17, 15) is 4.79 Å². The van der Waals surface area contributed by atoms with E-state index in [0.29, 0.717) is 5.39 Å². The first-order chi connectivity index (χ1) is 9.84. The van der Waals surface area contributed by atoms with E-state index in [0.717, 1.165) is 26.9 Å². The number of fused-ring (bicyclic) bond motifs is 3. The maximum Gasteiger partial charge on any atom is 0.259 e. The molecule has 0 saturated heterocycles. The number of benzene rings is 2. The number of H-pyrrole nitrogens is 1. The topological polar surface area (TPSA) is 45.8 Å². The van der Waals surface area contributed by atoms with E-state index in [1.165, 1.54) is 11.5 Å². The molecule has 4 heteroatoms. The van der Waals surface area contributed by atoms with E-state index in [2.05, 4.69) is 9.36 Å². The Morgan fingerprint density at radius 2 is 1.70 bits per heavy atom. The number of aromatic nitrogens is 2. The van der Waals surface area contributed by atoms with Gasteiger partial charge in [-0.25, -0.2) is 0 Å². The van der Waals surface area contributed by atoms with Crippen molar-refractivity contribution in [3.05, 3.63) is 65.0 Å². The third-order valence-electron chi connectivity index (χ3n) is 3.39. The molecule has 0 amide bonds. The van der Waals surface area contributed by atoms with E-state index < -0.39 is 0 Å². The molecule has 0 atom stereocenters. The average Bonchev–Trinajstić information content (AvgIpc) is 2.94. The first-order valence-corrected chi connectivity index (χ1v) is 7.08. The second-order valence-electron chi connectivity index (χ2n) is 4.60. The van der Waals surface area contributed by atoms with Crippen LogP contribution >= 0.6 is 11.5 Å².